The molecule has 34 heavy (non-hydrogen) atoms. The molecule has 0 saturated heterocycles. The highest BCUT2D eigenvalue weighted by Crippen LogP contribution is 2.27. The molecule has 0 fully saturated rings. The van der Waals surface area contributed by atoms with Crippen molar-refractivity contribution in [1.29, 1.82) is 0 Å². The molecule has 3 aromatic carbocycles. The van der Waals surface area contributed by atoms with Gasteiger partial charge in [0.25, 0.3) is 5.56 Å². The second-order valence-corrected chi connectivity index (χ2v) is 8.94. The van der Waals surface area contributed by atoms with Crippen molar-refractivity contribution < 1.29 is 9.53 Å². The Balaban J connectivity index is 1.67. The summed E-state index contributed by atoms with van der Waals surface area (Å²) in [6.45, 7) is 3.97. The maximum absolute atomic E-state index is 13.6. The minimum atomic E-state index is -0.372. The maximum atomic E-state index is 13.6. The van der Waals surface area contributed by atoms with Gasteiger partial charge in [-0.25, -0.2) is 9.36 Å². The zero-order valence-electron chi connectivity index (χ0n) is 19.0. The second kappa shape index (κ2) is 8.79. The highest BCUT2D eigenvalue weighted by atomic mass is 32.2. The van der Waals surface area contributed by atoms with Gasteiger partial charge in [-0.3, -0.25) is 9.20 Å². The van der Waals surface area contributed by atoms with Gasteiger partial charge in [0.1, 0.15) is 0 Å². The first-order chi connectivity index (χ1) is 16.5. The van der Waals surface area contributed by atoms with Crippen LogP contribution in [0, 0.1) is 13.8 Å². The Hall–Kier alpha value is -3.91. The fourth-order valence-electron chi connectivity index (χ4n) is 4.19. The van der Waals surface area contributed by atoms with E-state index in [-0.39, 0.29) is 11.5 Å². The van der Waals surface area contributed by atoms with Crippen LogP contribution in [-0.2, 0) is 10.5 Å². The van der Waals surface area contributed by atoms with E-state index in [4.69, 9.17) is 4.74 Å². The van der Waals surface area contributed by atoms with Crippen LogP contribution in [0.15, 0.2) is 76.7 Å². The molecule has 0 radical (unpaired) electrons. The van der Waals surface area contributed by atoms with Crippen LogP contribution in [0.1, 0.15) is 27.0 Å². The first-order valence-corrected chi connectivity index (χ1v) is 11.7. The molecule has 0 bridgehead atoms. The molecule has 2 aromatic heterocycles. The van der Waals surface area contributed by atoms with E-state index in [9.17, 15) is 9.59 Å². The summed E-state index contributed by atoms with van der Waals surface area (Å²) in [5, 5.41) is 10.1. The van der Waals surface area contributed by atoms with Gasteiger partial charge in [0.2, 0.25) is 5.78 Å². The number of benzene rings is 3. The lowest BCUT2D eigenvalue weighted by Gasteiger charge is -2.15. The molecule has 5 aromatic rings. The van der Waals surface area contributed by atoms with Crippen molar-refractivity contribution in [3.8, 4) is 5.69 Å². The molecule has 0 aliphatic carbocycles. The number of aryl methyl sites for hydroxylation is 2. The van der Waals surface area contributed by atoms with E-state index in [1.54, 1.807) is 10.6 Å². The quantitative estimate of drug-likeness (QED) is 0.273. The van der Waals surface area contributed by atoms with Crippen LogP contribution < -0.4 is 5.56 Å². The Labute approximate surface area is 200 Å². The Morgan fingerprint density at radius 3 is 2.47 bits per heavy atom. The topological polar surface area (TPSA) is 78.5 Å². The summed E-state index contributed by atoms with van der Waals surface area (Å²) in [7, 11) is 1.37. The van der Waals surface area contributed by atoms with Crippen molar-refractivity contribution in [2.45, 2.75) is 24.8 Å². The fraction of sp³-hybridized carbons (Fsp3) is 0.154. The number of methoxy groups -OCH3 is 1. The first kappa shape index (κ1) is 21.9. The zero-order chi connectivity index (χ0) is 23.8. The van der Waals surface area contributed by atoms with Crippen LogP contribution in [0.4, 0.5) is 0 Å². The lowest BCUT2D eigenvalue weighted by atomic mass is 10.1. The standard InChI is InChI=1S/C26H22N4O3S/c1-16-8-6-9-17(2)22(16)30-23(31)20-12-4-5-13-21(20)29-25(30)27-28-26(29)34-15-18-10-7-11-19(14-18)24(32)33-3/h4-14H,15H2,1-3H3. The molecule has 5 rings (SSSR count). The van der Waals surface area contributed by atoms with Gasteiger partial charge in [-0.1, -0.05) is 54.2 Å². The molecule has 0 aliphatic rings. The van der Waals surface area contributed by atoms with Crippen LogP contribution in [0.25, 0.3) is 22.4 Å². The molecule has 7 nitrogen and oxygen atoms in total. The van der Waals surface area contributed by atoms with Gasteiger partial charge < -0.3 is 4.74 Å². The number of para-hydroxylation sites is 2. The van der Waals surface area contributed by atoms with Gasteiger partial charge in [0.15, 0.2) is 5.16 Å². The number of aromatic nitrogens is 4. The van der Waals surface area contributed by atoms with E-state index in [1.807, 2.05) is 78.9 Å². The number of carbonyl (C=O) groups excluding carboxylic acids is 1. The molecule has 170 valence electrons. The third-order valence-corrected chi connectivity index (χ3v) is 6.77. The summed E-state index contributed by atoms with van der Waals surface area (Å²) in [5.41, 5.74) is 4.86. The maximum Gasteiger partial charge on any atom is 0.337 e. The van der Waals surface area contributed by atoms with Crippen LogP contribution in [-0.4, -0.2) is 32.2 Å². The lowest BCUT2D eigenvalue weighted by Crippen LogP contribution is -2.23. The number of rotatable bonds is 5. The highest BCUT2D eigenvalue weighted by molar-refractivity contribution is 7.98. The average Bonchev–Trinajstić information content (AvgIpc) is 3.28. The summed E-state index contributed by atoms with van der Waals surface area (Å²) in [6, 6.07) is 20.8. The Kier molecular flexibility index (Phi) is 5.67. The minimum Gasteiger partial charge on any atom is -0.465 e. The van der Waals surface area contributed by atoms with Crippen molar-refractivity contribution in [3.05, 3.63) is 99.3 Å². The number of hydrogen-bond acceptors (Lipinski definition) is 6. The largest absolute Gasteiger partial charge is 0.465 e. The number of esters is 1. The molecule has 0 unspecified atom stereocenters. The molecular formula is C26H22N4O3S. The van der Waals surface area contributed by atoms with Crippen molar-refractivity contribution >= 4 is 34.4 Å². The van der Waals surface area contributed by atoms with Crippen LogP contribution in [0.3, 0.4) is 0 Å². The monoisotopic (exact) mass is 470 g/mol. The van der Waals surface area contributed by atoms with Crippen molar-refractivity contribution in [2.24, 2.45) is 0 Å². The van der Waals surface area contributed by atoms with E-state index in [1.165, 1.54) is 18.9 Å². The number of thioether (sulfide) groups is 1. The summed E-state index contributed by atoms with van der Waals surface area (Å²) in [4.78, 5) is 25.5. The van der Waals surface area contributed by atoms with E-state index in [0.29, 0.717) is 27.6 Å². The highest BCUT2D eigenvalue weighted by Gasteiger charge is 2.20. The molecule has 0 spiro atoms. The molecule has 0 N–H and O–H groups in total. The number of fused-ring (bicyclic) bond motifs is 3. The second-order valence-electron chi connectivity index (χ2n) is 8.00. The normalized spacial score (nSPS) is 11.3. The summed E-state index contributed by atoms with van der Waals surface area (Å²) in [5.74, 6) is 0.665. The third kappa shape index (κ3) is 3.66. The van der Waals surface area contributed by atoms with Gasteiger partial charge in [0, 0.05) is 5.75 Å². The van der Waals surface area contributed by atoms with E-state index in [0.717, 1.165) is 27.9 Å². The van der Waals surface area contributed by atoms with E-state index >= 15 is 0 Å². The molecule has 2 heterocycles. The lowest BCUT2D eigenvalue weighted by molar-refractivity contribution is 0.0600. The van der Waals surface area contributed by atoms with Crippen LogP contribution in [0.5, 0.6) is 0 Å². The zero-order valence-corrected chi connectivity index (χ0v) is 19.8. The SMILES string of the molecule is COC(=O)c1cccc(CSc2nnc3n(-c4c(C)cccc4C)c(=O)c4ccccc4n23)c1. The predicted octanol–water partition coefficient (Wildman–Crippen LogP) is 4.73. The van der Waals surface area contributed by atoms with Crippen molar-refractivity contribution in [1.82, 2.24) is 19.2 Å². The molecule has 0 amide bonds. The van der Waals surface area contributed by atoms with Crippen molar-refractivity contribution in [3.63, 3.8) is 0 Å². The Morgan fingerprint density at radius 2 is 1.71 bits per heavy atom. The summed E-state index contributed by atoms with van der Waals surface area (Å²) >= 11 is 1.49. The summed E-state index contributed by atoms with van der Waals surface area (Å²) < 4.78 is 8.41. The molecule has 0 atom stereocenters. The van der Waals surface area contributed by atoms with Gasteiger partial charge in [-0.2, -0.15) is 0 Å². The van der Waals surface area contributed by atoms with Gasteiger partial charge in [0.05, 0.1) is 29.3 Å². The number of hydrogen-bond donors (Lipinski definition) is 0. The Bertz CT molecular complexity index is 1600. The number of carbonyl (C=O) groups is 1. The Morgan fingerprint density at radius 1 is 0.971 bits per heavy atom. The molecule has 0 saturated carbocycles. The summed E-state index contributed by atoms with van der Waals surface area (Å²) in [6.07, 6.45) is 0. The molecular weight excluding hydrogens is 448 g/mol. The molecule has 8 heteroatoms. The smallest absolute Gasteiger partial charge is 0.337 e. The fourth-order valence-corrected chi connectivity index (χ4v) is 5.07. The van der Waals surface area contributed by atoms with Gasteiger partial charge in [-0.15, -0.1) is 10.2 Å². The minimum absolute atomic E-state index is 0.129. The third-order valence-electron chi connectivity index (χ3n) is 5.77. The van der Waals surface area contributed by atoms with Crippen molar-refractivity contribution in [2.75, 3.05) is 7.11 Å². The van der Waals surface area contributed by atoms with Gasteiger partial charge >= 0.3 is 5.97 Å². The molecule has 0 aliphatic heterocycles. The van der Waals surface area contributed by atoms with E-state index in [2.05, 4.69) is 10.2 Å². The number of nitrogens with zero attached hydrogens (tertiary/aromatic N) is 4. The predicted molar refractivity (Wildman–Crippen MR) is 133 cm³/mol. The first-order valence-electron chi connectivity index (χ1n) is 10.7. The van der Waals surface area contributed by atoms with E-state index < -0.39 is 0 Å². The number of ether oxygens (including phenoxy) is 1. The van der Waals surface area contributed by atoms with Gasteiger partial charge in [-0.05, 0) is 54.8 Å². The average molecular weight is 471 g/mol. The van der Waals surface area contributed by atoms with Crippen LogP contribution in [0.2, 0.25) is 0 Å². The van der Waals surface area contributed by atoms with Crippen LogP contribution >= 0.6 is 11.8 Å².